The van der Waals surface area contributed by atoms with Crippen LogP contribution < -0.4 is 15.0 Å². The highest BCUT2D eigenvalue weighted by Gasteiger charge is 2.18. The zero-order valence-corrected chi connectivity index (χ0v) is 11.5. The predicted molar refractivity (Wildman–Crippen MR) is 76.5 cm³/mol. The van der Waals surface area contributed by atoms with E-state index in [1.54, 1.807) is 7.11 Å². The molecule has 1 aromatic carbocycles. The van der Waals surface area contributed by atoms with Crippen LogP contribution in [0.5, 0.6) is 5.75 Å². The molecule has 2 rings (SSSR count). The van der Waals surface area contributed by atoms with Crippen molar-refractivity contribution >= 4 is 5.69 Å². The SMILES string of the molecule is CNCCC1CCN(c2ccc(OC)cc2)CC1. The van der Waals surface area contributed by atoms with E-state index in [1.807, 2.05) is 19.2 Å². The van der Waals surface area contributed by atoms with Crippen LogP contribution in [0.15, 0.2) is 24.3 Å². The lowest BCUT2D eigenvalue weighted by molar-refractivity contribution is 0.378. The van der Waals surface area contributed by atoms with Crippen molar-refractivity contribution in [2.24, 2.45) is 5.92 Å². The number of benzene rings is 1. The largest absolute Gasteiger partial charge is 0.497 e. The molecule has 1 heterocycles. The van der Waals surface area contributed by atoms with E-state index in [1.165, 1.54) is 38.0 Å². The maximum atomic E-state index is 5.19. The fourth-order valence-electron chi connectivity index (χ4n) is 2.62. The molecule has 1 aromatic rings. The van der Waals surface area contributed by atoms with Gasteiger partial charge in [-0.2, -0.15) is 0 Å². The summed E-state index contributed by atoms with van der Waals surface area (Å²) in [5, 5.41) is 3.24. The Morgan fingerprint density at radius 1 is 1.22 bits per heavy atom. The van der Waals surface area contributed by atoms with Crippen molar-refractivity contribution in [3.63, 3.8) is 0 Å². The minimum atomic E-state index is 0.895. The van der Waals surface area contributed by atoms with E-state index in [-0.39, 0.29) is 0 Å². The molecule has 1 aliphatic heterocycles. The molecule has 0 saturated carbocycles. The Kier molecular flexibility index (Phi) is 4.88. The lowest BCUT2D eigenvalue weighted by Gasteiger charge is -2.33. The number of anilines is 1. The molecule has 3 heteroatoms. The number of methoxy groups -OCH3 is 1. The fraction of sp³-hybridized carbons (Fsp3) is 0.600. The summed E-state index contributed by atoms with van der Waals surface area (Å²) in [4.78, 5) is 2.48. The van der Waals surface area contributed by atoms with E-state index in [0.717, 1.165) is 18.2 Å². The number of ether oxygens (including phenoxy) is 1. The van der Waals surface area contributed by atoms with E-state index in [2.05, 4.69) is 22.3 Å². The summed E-state index contributed by atoms with van der Waals surface area (Å²) in [6.45, 7) is 3.51. The van der Waals surface area contributed by atoms with Crippen LogP contribution in [0.1, 0.15) is 19.3 Å². The molecule has 0 spiro atoms. The smallest absolute Gasteiger partial charge is 0.119 e. The second-order valence-corrected chi connectivity index (χ2v) is 5.02. The zero-order chi connectivity index (χ0) is 12.8. The van der Waals surface area contributed by atoms with Gasteiger partial charge in [-0.25, -0.2) is 0 Å². The zero-order valence-electron chi connectivity index (χ0n) is 11.5. The van der Waals surface area contributed by atoms with Gasteiger partial charge in [-0.05, 0) is 63.0 Å². The molecule has 100 valence electrons. The molecule has 0 atom stereocenters. The molecule has 1 N–H and O–H groups in total. The van der Waals surface area contributed by atoms with Crippen molar-refractivity contribution in [3.05, 3.63) is 24.3 Å². The van der Waals surface area contributed by atoms with Crippen LogP contribution in [0.4, 0.5) is 5.69 Å². The topological polar surface area (TPSA) is 24.5 Å². The maximum Gasteiger partial charge on any atom is 0.119 e. The highest BCUT2D eigenvalue weighted by Crippen LogP contribution is 2.26. The molecular formula is C15H24N2O. The van der Waals surface area contributed by atoms with E-state index in [4.69, 9.17) is 4.74 Å². The fourth-order valence-corrected chi connectivity index (χ4v) is 2.62. The summed E-state index contributed by atoms with van der Waals surface area (Å²) in [6.07, 6.45) is 3.94. The van der Waals surface area contributed by atoms with Gasteiger partial charge < -0.3 is 15.0 Å². The van der Waals surface area contributed by atoms with Crippen molar-refractivity contribution in [1.82, 2.24) is 5.32 Å². The number of hydrogen-bond acceptors (Lipinski definition) is 3. The van der Waals surface area contributed by atoms with Gasteiger partial charge in [-0.3, -0.25) is 0 Å². The summed E-state index contributed by atoms with van der Waals surface area (Å²) in [5.74, 6) is 1.83. The Morgan fingerprint density at radius 2 is 1.89 bits per heavy atom. The summed E-state index contributed by atoms with van der Waals surface area (Å²) in [7, 11) is 3.74. The van der Waals surface area contributed by atoms with Crippen molar-refractivity contribution in [3.8, 4) is 5.75 Å². The van der Waals surface area contributed by atoms with Gasteiger partial charge in [0.15, 0.2) is 0 Å². The van der Waals surface area contributed by atoms with Crippen LogP contribution in [-0.4, -0.2) is 33.8 Å². The van der Waals surface area contributed by atoms with Gasteiger partial charge >= 0.3 is 0 Å². The summed E-state index contributed by atoms with van der Waals surface area (Å²) in [6, 6.07) is 8.41. The van der Waals surface area contributed by atoms with Gasteiger partial charge in [0.25, 0.3) is 0 Å². The first kappa shape index (κ1) is 13.2. The number of piperidine rings is 1. The Balaban J connectivity index is 1.84. The second-order valence-electron chi connectivity index (χ2n) is 5.02. The number of nitrogens with zero attached hydrogens (tertiary/aromatic N) is 1. The molecule has 1 saturated heterocycles. The van der Waals surface area contributed by atoms with E-state index >= 15 is 0 Å². The predicted octanol–water partition coefficient (Wildman–Crippen LogP) is 2.52. The van der Waals surface area contributed by atoms with Crippen LogP contribution in [0.2, 0.25) is 0 Å². The van der Waals surface area contributed by atoms with Gasteiger partial charge in [0.2, 0.25) is 0 Å². The first-order valence-electron chi connectivity index (χ1n) is 6.87. The molecule has 1 fully saturated rings. The number of rotatable bonds is 5. The standard InChI is InChI=1S/C15H24N2O/c1-16-10-7-13-8-11-17(12-9-13)14-3-5-15(18-2)6-4-14/h3-6,13,16H,7-12H2,1-2H3. The average molecular weight is 248 g/mol. The van der Waals surface area contributed by atoms with Crippen molar-refractivity contribution in [2.45, 2.75) is 19.3 Å². The van der Waals surface area contributed by atoms with E-state index < -0.39 is 0 Å². The lowest BCUT2D eigenvalue weighted by Crippen LogP contribution is -2.34. The second kappa shape index (κ2) is 6.64. The number of nitrogens with one attached hydrogen (secondary N) is 1. The van der Waals surface area contributed by atoms with Crippen LogP contribution >= 0.6 is 0 Å². The van der Waals surface area contributed by atoms with Crippen LogP contribution in [0, 0.1) is 5.92 Å². The molecular weight excluding hydrogens is 224 g/mol. The summed E-state index contributed by atoms with van der Waals surface area (Å²) >= 11 is 0. The average Bonchev–Trinajstić information content (AvgIpc) is 2.46. The van der Waals surface area contributed by atoms with E-state index in [9.17, 15) is 0 Å². The Bertz CT molecular complexity index is 342. The minimum Gasteiger partial charge on any atom is -0.497 e. The Morgan fingerprint density at radius 3 is 2.44 bits per heavy atom. The first-order chi connectivity index (χ1) is 8.83. The molecule has 0 unspecified atom stereocenters. The van der Waals surface area contributed by atoms with E-state index in [0.29, 0.717) is 0 Å². The van der Waals surface area contributed by atoms with Crippen LogP contribution in [-0.2, 0) is 0 Å². The Labute approximate surface area is 110 Å². The van der Waals surface area contributed by atoms with Gasteiger partial charge in [0.05, 0.1) is 7.11 Å². The van der Waals surface area contributed by atoms with Gasteiger partial charge in [0, 0.05) is 18.8 Å². The van der Waals surface area contributed by atoms with Crippen molar-refractivity contribution < 1.29 is 4.74 Å². The third kappa shape index (κ3) is 3.39. The normalized spacial score (nSPS) is 16.9. The van der Waals surface area contributed by atoms with Crippen molar-refractivity contribution in [1.29, 1.82) is 0 Å². The summed E-state index contributed by atoms with van der Waals surface area (Å²) < 4.78 is 5.19. The minimum absolute atomic E-state index is 0.895. The molecule has 0 amide bonds. The van der Waals surface area contributed by atoms with Gasteiger partial charge in [-0.1, -0.05) is 0 Å². The highest BCUT2D eigenvalue weighted by molar-refractivity contribution is 5.49. The molecule has 3 nitrogen and oxygen atoms in total. The first-order valence-corrected chi connectivity index (χ1v) is 6.87. The van der Waals surface area contributed by atoms with Crippen LogP contribution in [0.3, 0.4) is 0 Å². The third-order valence-corrected chi connectivity index (χ3v) is 3.85. The summed E-state index contributed by atoms with van der Waals surface area (Å²) in [5.41, 5.74) is 1.32. The maximum absolute atomic E-state index is 5.19. The lowest BCUT2D eigenvalue weighted by atomic mass is 9.93. The third-order valence-electron chi connectivity index (χ3n) is 3.85. The Hall–Kier alpha value is -1.22. The van der Waals surface area contributed by atoms with Gasteiger partial charge in [-0.15, -0.1) is 0 Å². The van der Waals surface area contributed by atoms with Crippen molar-refractivity contribution in [2.75, 3.05) is 38.7 Å². The monoisotopic (exact) mass is 248 g/mol. The molecule has 0 aliphatic carbocycles. The quantitative estimate of drug-likeness (QED) is 0.866. The molecule has 0 aromatic heterocycles. The van der Waals surface area contributed by atoms with Crippen LogP contribution in [0.25, 0.3) is 0 Å². The molecule has 18 heavy (non-hydrogen) atoms. The molecule has 0 radical (unpaired) electrons. The number of hydrogen-bond donors (Lipinski definition) is 1. The molecule has 1 aliphatic rings. The van der Waals surface area contributed by atoms with Gasteiger partial charge in [0.1, 0.15) is 5.75 Å². The highest BCUT2D eigenvalue weighted by atomic mass is 16.5. The molecule has 0 bridgehead atoms.